The highest BCUT2D eigenvalue weighted by atomic mass is 32.1. The third kappa shape index (κ3) is 4.12. The van der Waals surface area contributed by atoms with E-state index in [1.54, 1.807) is 19.2 Å². The minimum atomic E-state index is -0.290. The summed E-state index contributed by atoms with van der Waals surface area (Å²) in [5, 5.41) is 13.0. The highest BCUT2D eigenvalue weighted by Gasteiger charge is 2.13. The van der Waals surface area contributed by atoms with Crippen molar-refractivity contribution in [3.05, 3.63) is 72.7 Å². The molecule has 0 radical (unpaired) electrons. The van der Waals surface area contributed by atoms with Crippen molar-refractivity contribution in [1.82, 2.24) is 10.2 Å². The second-order valence-electron chi connectivity index (χ2n) is 6.16. The van der Waals surface area contributed by atoms with Crippen LogP contribution in [0.15, 0.2) is 71.3 Å². The number of benzene rings is 2. The molecule has 0 spiro atoms. The summed E-state index contributed by atoms with van der Waals surface area (Å²) in [6.07, 6.45) is 1.47. The zero-order valence-corrected chi connectivity index (χ0v) is 16.6. The third-order valence-corrected chi connectivity index (χ3v) is 5.34. The summed E-state index contributed by atoms with van der Waals surface area (Å²) in [5.41, 5.74) is 2.59. The highest BCUT2D eigenvalue weighted by molar-refractivity contribution is 7.18. The van der Waals surface area contributed by atoms with Crippen molar-refractivity contribution in [1.29, 1.82) is 0 Å². The Morgan fingerprint density at radius 2 is 1.83 bits per heavy atom. The molecule has 4 aromatic rings. The summed E-state index contributed by atoms with van der Waals surface area (Å²) < 4.78 is 10.3. The summed E-state index contributed by atoms with van der Waals surface area (Å²) in [7, 11) is 3.59. The van der Waals surface area contributed by atoms with E-state index >= 15 is 0 Å². The van der Waals surface area contributed by atoms with Crippen molar-refractivity contribution in [3.63, 3.8) is 0 Å². The number of rotatable bonds is 6. The molecule has 8 heteroatoms. The Morgan fingerprint density at radius 1 is 1.07 bits per heavy atom. The molecule has 4 rings (SSSR count). The fraction of sp³-hybridized carbons (Fsp3) is 0.0952. The second-order valence-corrected chi connectivity index (χ2v) is 7.11. The number of carbonyl (C=O) groups is 1. The Bertz CT molecular complexity index is 1090. The van der Waals surface area contributed by atoms with Gasteiger partial charge in [0.05, 0.1) is 13.4 Å². The molecule has 0 aliphatic carbocycles. The summed E-state index contributed by atoms with van der Waals surface area (Å²) in [4.78, 5) is 14.0. The number of methoxy groups -OCH3 is 1. The summed E-state index contributed by atoms with van der Waals surface area (Å²) in [5.74, 6) is 0.783. The third-order valence-electron chi connectivity index (χ3n) is 4.30. The largest absolute Gasteiger partial charge is 0.497 e. The van der Waals surface area contributed by atoms with Gasteiger partial charge >= 0.3 is 0 Å². The normalized spacial score (nSPS) is 10.6. The molecule has 2 aromatic heterocycles. The second kappa shape index (κ2) is 8.15. The van der Waals surface area contributed by atoms with Gasteiger partial charge in [0.1, 0.15) is 10.8 Å². The lowest BCUT2D eigenvalue weighted by Gasteiger charge is -2.15. The molecule has 0 unspecified atom stereocenters. The maximum absolute atomic E-state index is 12.0. The van der Waals surface area contributed by atoms with Gasteiger partial charge in [0.25, 0.3) is 5.91 Å². The number of ether oxygens (including phenoxy) is 1. The van der Waals surface area contributed by atoms with Gasteiger partial charge in [-0.1, -0.05) is 11.3 Å². The molecular weight excluding hydrogens is 388 g/mol. The van der Waals surface area contributed by atoms with Crippen LogP contribution < -0.4 is 15.0 Å². The average molecular weight is 406 g/mol. The monoisotopic (exact) mass is 406 g/mol. The van der Waals surface area contributed by atoms with E-state index in [1.165, 1.54) is 17.6 Å². The molecule has 1 amide bonds. The maximum Gasteiger partial charge on any atom is 0.291 e. The zero-order chi connectivity index (χ0) is 20.2. The first kappa shape index (κ1) is 18.7. The van der Waals surface area contributed by atoms with Crippen LogP contribution in [0, 0.1) is 0 Å². The Hall–Kier alpha value is -3.65. The standard InChI is InChI=1S/C21H18N4O3S/c1-25(16-9-11-17(27-2)12-10-16)21-24-23-20(29-21)14-5-7-15(8-6-14)22-19(26)18-4-3-13-28-18/h3-13H,1-2H3,(H,22,26). The van der Waals surface area contributed by atoms with Gasteiger partial charge < -0.3 is 19.4 Å². The van der Waals surface area contributed by atoms with Crippen LogP contribution in [0.1, 0.15) is 10.6 Å². The van der Waals surface area contributed by atoms with Gasteiger partial charge in [-0.15, -0.1) is 10.2 Å². The molecule has 2 aromatic carbocycles. The van der Waals surface area contributed by atoms with Crippen LogP contribution in [0.25, 0.3) is 10.6 Å². The first-order valence-electron chi connectivity index (χ1n) is 8.80. The molecule has 146 valence electrons. The number of amides is 1. The van der Waals surface area contributed by atoms with E-state index in [0.29, 0.717) is 5.69 Å². The van der Waals surface area contributed by atoms with Crippen molar-refractivity contribution in [3.8, 4) is 16.3 Å². The smallest absolute Gasteiger partial charge is 0.291 e. The first-order chi connectivity index (χ1) is 14.1. The lowest BCUT2D eigenvalue weighted by Crippen LogP contribution is -2.10. The van der Waals surface area contributed by atoms with Crippen LogP contribution in [0.2, 0.25) is 0 Å². The Kier molecular flexibility index (Phi) is 5.26. The van der Waals surface area contributed by atoms with E-state index in [0.717, 1.165) is 27.1 Å². The minimum absolute atomic E-state index is 0.268. The van der Waals surface area contributed by atoms with E-state index < -0.39 is 0 Å². The lowest BCUT2D eigenvalue weighted by molar-refractivity contribution is 0.0996. The van der Waals surface area contributed by atoms with Gasteiger partial charge in [-0.05, 0) is 60.7 Å². The lowest BCUT2D eigenvalue weighted by atomic mass is 10.2. The zero-order valence-electron chi connectivity index (χ0n) is 15.8. The van der Waals surface area contributed by atoms with Crippen molar-refractivity contribution in [2.24, 2.45) is 0 Å². The van der Waals surface area contributed by atoms with E-state index in [4.69, 9.17) is 9.15 Å². The summed E-state index contributed by atoms with van der Waals surface area (Å²) in [6, 6.07) is 18.5. The predicted molar refractivity (Wildman–Crippen MR) is 113 cm³/mol. The van der Waals surface area contributed by atoms with Crippen molar-refractivity contribution in [2.75, 3.05) is 24.4 Å². The van der Waals surface area contributed by atoms with Gasteiger partial charge in [0, 0.05) is 24.0 Å². The number of furan rings is 1. The summed E-state index contributed by atoms with van der Waals surface area (Å²) in [6.45, 7) is 0. The molecular formula is C21H18N4O3S. The van der Waals surface area contributed by atoms with Crippen LogP contribution in [0.4, 0.5) is 16.5 Å². The van der Waals surface area contributed by atoms with Crippen molar-refractivity contribution < 1.29 is 13.9 Å². The quantitative estimate of drug-likeness (QED) is 0.494. The molecule has 0 atom stereocenters. The molecule has 2 heterocycles. The Balaban J connectivity index is 1.46. The molecule has 7 nitrogen and oxygen atoms in total. The minimum Gasteiger partial charge on any atom is -0.497 e. The van der Waals surface area contributed by atoms with Crippen LogP contribution >= 0.6 is 11.3 Å². The molecule has 0 saturated carbocycles. The van der Waals surface area contributed by atoms with Gasteiger partial charge in [-0.25, -0.2) is 0 Å². The topological polar surface area (TPSA) is 80.5 Å². The van der Waals surface area contributed by atoms with E-state index in [9.17, 15) is 4.79 Å². The van der Waals surface area contributed by atoms with E-state index in [1.807, 2.05) is 60.5 Å². The molecule has 1 N–H and O–H groups in total. The number of nitrogens with one attached hydrogen (secondary N) is 1. The van der Waals surface area contributed by atoms with Gasteiger partial charge in [0.2, 0.25) is 5.13 Å². The van der Waals surface area contributed by atoms with Crippen LogP contribution in [0.5, 0.6) is 5.75 Å². The van der Waals surface area contributed by atoms with Gasteiger partial charge in [0.15, 0.2) is 5.76 Å². The number of nitrogens with zero attached hydrogens (tertiary/aromatic N) is 3. The highest BCUT2D eigenvalue weighted by Crippen LogP contribution is 2.32. The van der Waals surface area contributed by atoms with Gasteiger partial charge in [-0.3, -0.25) is 4.79 Å². The maximum atomic E-state index is 12.0. The molecule has 0 fully saturated rings. The fourth-order valence-electron chi connectivity index (χ4n) is 2.68. The van der Waals surface area contributed by atoms with Crippen molar-refractivity contribution >= 4 is 33.8 Å². The van der Waals surface area contributed by atoms with Crippen LogP contribution in [0.3, 0.4) is 0 Å². The molecule has 0 bridgehead atoms. The Labute approximate surface area is 171 Å². The van der Waals surface area contributed by atoms with Crippen LogP contribution in [-0.4, -0.2) is 30.3 Å². The number of carbonyl (C=O) groups excluding carboxylic acids is 1. The van der Waals surface area contributed by atoms with Gasteiger partial charge in [-0.2, -0.15) is 0 Å². The predicted octanol–water partition coefficient (Wildman–Crippen LogP) is 4.83. The van der Waals surface area contributed by atoms with Crippen molar-refractivity contribution in [2.45, 2.75) is 0 Å². The Morgan fingerprint density at radius 3 is 2.48 bits per heavy atom. The molecule has 0 aliphatic heterocycles. The van der Waals surface area contributed by atoms with Crippen LogP contribution in [-0.2, 0) is 0 Å². The number of aromatic nitrogens is 2. The van der Waals surface area contributed by atoms with E-state index in [2.05, 4.69) is 15.5 Å². The van der Waals surface area contributed by atoms with E-state index in [-0.39, 0.29) is 11.7 Å². The molecule has 0 saturated heterocycles. The average Bonchev–Trinajstić information content (AvgIpc) is 3.46. The number of anilines is 3. The first-order valence-corrected chi connectivity index (χ1v) is 9.62. The molecule has 0 aliphatic rings. The number of hydrogen-bond donors (Lipinski definition) is 1. The summed E-state index contributed by atoms with van der Waals surface area (Å²) >= 11 is 1.49. The number of hydrogen-bond acceptors (Lipinski definition) is 7. The SMILES string of the molecule is COc1ccc(N(C)c2nnc(-c3ccc(NC(=O)c4ccco4)cc3)s2)cc1. The fourth-order valence-corrected chi connectivity index (χ4v) is 3.51. The molecule has 29 heavy (non-hydrogen) atoms.